The number of anilines is 1. The molecule has 2 aromatic rings. The number of aryl methyl sites for hydroxylation is 2. The Hall–Kier alpha value is -2.70. The van der Waals surface area contributed by atoms with E-state index in [1.165, 1.54) is 12.1 Å². The van der Waals surface area contributed by atoms with Crippen LogP contribution in [0.25, 0.3) is 0 Å². The normalized spacial score (nSPS) is 16.3. The quantitative estimate of drug-likeness (QED) is 0.831. The fourth-order valence-electron chi connectivity index (χ4n) is 3.26. The van der Waals surface area contributed by atoms with E-state index in [0.29, 0.717) is 13.0 Å². The maximum absolute atomic E-state index is 12.8. The van der Waals surface area contributed by atoms with E-state index in [1.807, 2.05) is 26.0 Å². The standard InChI is InChI=1S/C20H21F3N2O2/c1-12-8-13(2)19-16(9-12)17(6-7-27-19)25-18(26)11-24-15-5-3-4-14(10-15)20(21,22)23/h3-5,8-10,17,24H,6-7,11H2,1-2H3,(H,25,26). The minimum Gasteiger partial charge on any atom is -0.493 e. The van der Waals surface area contributed by atoms with Crippen LogP contribution in [0.2, 0.25) is 0 Å². The molecule has 0 saturated heterocycles. The first-order chi connectivity index (χ1) is 12.7. The Morgan fingerprint density at radius 2 is 2.00 bits per heavy atom. The molecule has 4 nitrogen and oxygen atoms in total. The first kappa shape index (κ1) is 19.1. The van der Waals surface area contributed by atoms with Crippen molar-refractivity contribution in [2.45, 2.75) is 32.5 Å². The van der Waals surface area contributed by atoms with E-state index in [4.69, 9.17) is 4.74 Å². The molecule has 3 rings (SSSR count). The molecule has 1 heterocycles. The molecule has 0 saturated carbocycles. The molecule has 2 N–H and O–H groups in total. The van der Waals surface area contributed by atoms with Crippen LogP contribution in [-0.4, -0.2) is 19.1 Å². The van der Waals surface area contributed by atoms with E-state index in [9.17, 15) is 18.0 Å². The molecule has 1 aliphatic heterocycles. The van der Waals surface area contributed by atoms with Crippen molar-refractivity contribution in [1.29, 1.82) is 0 Å². The largest absolute Gasteiger partial charge is 0.493 e. The van der Waals surface area contributed by atoms with Gasteiger partial charge in [-0.3, -0.25) is 4.79 Å². The fourth-order valence-corrected chi connectivity index (χ4v) is 3.26. The molecular formula is C20H21F3N2O2. The molecule has 0 spiro atoms. The molecule has 0 bridgehead atoms. The van der Waals surface area contributed by atoms with Crippen LogP contribution >= 0.6 is 0 Å². The number of amides is 1. The molecular weight excluding hydrogens is 357 g/mol. The summed E-state index contributed by atoms with van der Waals surface area (Å²) in [5.74, 6) is 0.507. The zero-order chi connectivity index (χ0) is 19.6. The van der Waals surface area contributed by atoms with Gasteiger partial charge in [-0.1, -0.05) is 23.8 Å². The second-order valence-corrected chi connectivity index (χ2v) is 6.69. The lowest BCUT2D eigenvalue weighted by molar-refractivity contribution is -0.137. The third kappa shape index (κ3) is 4.53. The van der Waals surface area contributed by atoms with E-state index < -0.39 is 11.7 Å². The maximum Gasteiger partial charge on any atom is 0.416 e. The van der Waals surface area contributed by atoms with E-state index >= 15 is 0 Å². The highest BCUT2D eigenvalue weighted by atomic mass is 19.4. The smallest absolute Gasteiger partial charge is 0.416 e. The Kier molecular flexibility index (Phi) is 5.30. The van der Waals surface area contributed by atoms with Gasteiger partial charge >= 0.3 is 6.18 Å². The van der Waals surface area contributed by atoms with Crippen LogP contribution in [0.1, 0.15) is 34.7 Å². The summed E-state index contributed by atoms with van der Waals surface area (Å²) in [6.45, 7) is 4.34. The number of nitrogens with one attached hydrogen (secondary N) is 2. The molecule has 1 atom stereocenters. The van der Waals surface area contributed by atoms with Gasteiger partial charge in [-0.25, -0.2) is 0 Å². The van der Waals surface area contributed by atoms with Gasteiger partial charge in [0, 0.05) is 17.7 Å². The van der Waals surface area contributed by atoms with Crippen LogP contribution in [0, 0.1) is 13.8 Å². The molecule has 2 aromatic carbocycles. The van der Waals surface area contributed by atoms with Crippen molar-refractivity contribution >= 4 is 11.6 Å². The number of carbonyl (C=O) groups excluding carboxylic acids is 1. The molecule has 1 amide bonds. The molecule has 0 aliphatic carbocycles. The van der Waals surface area contributed by atoms with Crippen molar-refractivity contribution in [3.63, 3.8) is 0 Å². The van der Waals surface area contributed by atoms with Crippen molar-refractivity contribution in [2.24, 2.45) is 0 Å². The van der Waals surface area contributed by atoms with Crippen LogP contribution in [0.15, 0.2) is 36.4 Å². The number of alkyl halides is 3. The Balaban J connectivity index is 1.65. The third-order valence-corrected chi connectivity index (χ3v) is 4.45. The van der Waals surface area contributed by atoms with Gasteiger partial charge in [0.1, 0.15) is 5.75 Å². The number of carbonyl (C=O) groups is 1. The number of fused-ring (bicyclic) bond motifs is 1. The number of hydrogen-bond donors (Lipinski definition) is 2. The Morgan fingerprint density at radius 1 is 1.22 bits per heavy atom. The van der Waals surface area contributed by atoms with Crippen LogP contribution in [-0.2, 0) is 11.0 Å². The number of benzene rings is 2. The SMILES string of the molecule is Cc1cc(C)c2c(c1)C(NC(=O)CNc1cccc(C(F)(F)F)c1)CCO2. The molecule has 0 fully saturated rings. The summed E-state index contributed by atoms with van der Waals surface area (Å²) in [5.41, 5.74) is 2.53. The number of ether oxygens (including phenoxy) is 1. The van der Waals surface area contributed by atoms with E-state index in [-0.39, 0.29) is 24.2 Å². The lowest BCUT2D eigenvalue weighted by Crippen LogP contribution is -2.36. The summed E-state index contributed by atoms with van der Waals surface area (Å²) in [5, 5.41) is 5.69. The molecule has 0 radical (unpaired) electrons. The Bertz CT molecular complexity index is 850. The predicted molar refractivity (Wildman–Crippen MR) is 96.8 cm³/mol. The molecule has 144 valence electrons. The number of hydrogen-bond acceptors (Lipinski definition) is 3. The summed E-state index contributed by atoms with van der Waals surface area (Å²) in [6, 6.07) is 8.63. The summed E-state index contributed by atoms with van der Waals surface area (Å²) in [4.78, 5) is 12.3. The van der Waals surface area contributed by atoms with E-state index in [0.717, 1.165) is 34.6 Å². The maximum atomic E-state index is 12.8. The van der Waals surface area contributed by atoms with Crippen LogP contribution in [0.5, 0.6) is 5.75 Å². The van der Waals surface area contributed by atoms with Crippen molar-refractivity contribution < 1.29 is 22.7 Å². The first-order valence-corrected chi connectivity index (χ1v) is 8.68. The highest BCUT2D eigenvalue weighted by molar-refractivity contribution is 5.81. The molecule has 1 unspecified atom stereocenters. The highest BCUT2D eigenvalue weighted by Crippen LogP contribution is 2.35. The fraction of sp³-hybridized carbons (Fsp3) is 0.350. The monoisotopic (exact) mass is 378 g/mol. The minimum absolute atomic E-state index is 0.112. The number of halogens is 3. The summed E-state index contributed by atoms with van der Waals surface area (Å²) in [7, 11) is 0. The zero-order valence-corrected chi connectivity index (χ0v) is 15.1. The van der Waals surface area contributed by atoms with Gasteiger partial charge in [-0.2, -0.15) is 13.2 Å². The van der Waals surface area contributed by atoms with Gasteiger partial charge in [0.15, 0.2) is 0 Å². The van der Waals surface area contributed by atoms with Crippen molar-refractivity contribution in [3.05, 3.63) is 58.7 Å². The minimum atomic E-state index is -4.42. The Morgan fingerprint density at radius 3 is 2.74 bits per heavy atom. The van der Waals surface area contributed by atoms with Gasteiger partial charge in [0.2, 0.25) is 5.91 Å². The average Bonchev–Trinajstić information content (AvgIpc) is 2.60. The van der Waals surface area contributed by atoms with Crippen molar-refractivity contribution in [3.8, 4) is 5.75 Å². The van der Waals surface area contributed by atoms with Crippen molar-refractivity contribution in [2.75, 3.05) is 18.5 Å². The summed E-state index contributed by atoms with van der Waals surface area (Å²) in [6.07, 6.45) is -3.77. The second kappa shape index (κ2) is 7.50. The van der Waals surface area contributed by atoms with Crippen LogP contribution < -0.4 is 15.4 Å². The van der Waals surface area contributed by atoms with Gasteiger partial charge in [0.05, 0.1) is 24.8 Å². The average molecular weight is 378 g/mol. The highest BCUT2D eigenvalue weighted by Gasteiger charge is 2.30. The van der Waals surface area contributed by atoms with E-state index in [2.05, 4.69) is 10.6 Å². The summed E-state index contributed by atoms with van der Waals surface area (Å²) >= 11 is 0. The third-order valence-electron chi connectivity index (χ3n) is 4.45. The molecule has 1 aliphatic rings. The lowest BCUT2D eigenvalue weighted by atomic mass is 9.95. The second-order valence-electron chi connectivity index (χ2n) is 6.69. The molecule has 7 heteroatoms. The molecule has 27 heavy (non-hydrogen) atoms. The van der Waals surface area contributed by atoms with E-state index in [1.54, 1.807) is 0 Å². The van der Waals surface area contributed by atoms with Crippen LogP contribution in [0.3, 0.4) is 0 Å². The van der Waals surface area contributed by atoms with Gasteiger partial charge < -0.3 is 15.4 Å². The zero-order valence-electron chi connectivity index (χ0n) is 15.1. The topological polar surface area (TPSA) is 50.4 Å². The van der Waals surface area contributed by atoms with Gasteiger partial charge in [-0.05, 0) is 37.6 Å². The number of rotatable bonds is 4. The molecule has 0 aromatic heterocycles. The van der Waals surface area contributed by atoms with Gasteiger partial charge in [0.25, 0.3) is 0 Å². The van der Waals surface area contributed by atoms with Gasteiger partial charge in [-0.15, -0.1) is 0 Å². The predicted octanol–water partition coefficient (Wildman–Crippen LogP) is 4.37. The van der Waals surface area contributed by atoms with Crippen LogP contribution in [0.4, 0.5) is 18.9 Å². The summed E-state index contributed by atoms with van der Waals surface area (Å²) < 4.78 is 44.0. The first-order valence-electron chi connectivity index (χ1n) is 8.68. The Labute approximate surface area is 155 Å². The lowest BCUT2D eigenvalue weighted by Gasteiger charge is -2.28. The van der Waals surface area contributed by atoms with Crippen molar-refractivity contribution in [1.82, 2.24) is 5.32 Å².